The predicted molar refractivity (Wildman–Crippen MR) is 81.9 cm³/mol. The molecule has 2 aromatic carbocycles. The molecule has 0 saturated heterocycles. The molecule has 0 spiro atoms. The Hall–Kier alpha value is -1.16. The first kappa shape index (κ1) is 25.1. The van der Waals surface area contributed by atoms with Gasteiger partial charge < -0.3 is 14.6 Å². The number of rotatable bonds is 2. The van der Waals surface area contributed by atoms with Crippen molar-refractivity contribution in [1.82, 2.24) is 0 Å². The Balaban J connectivity index is 0. The number of hydrogen-bond acceptors (Lipinski definition) is 6. The second-order valence-electron chi connectivity index (χ2n) is 4.44. The quantitative estimate of drug-likeness (QED) is 0.517. The van der Waals surface area contributed by atoms with Gasteiger partial charge in [-0.05, 0) is 37.1 Å². The number of hydrogen-bond donors (Lipinski definition) is 0. The molecule has 0 aliphatic carbocycles. The van der Waals surface area contributed by atoms with Crippen molar-refractivity contribution in [3.05, 3.63) is 59.7 Å². The summed E-state index contributed by atoms with van der Waals surface area (Å²) in [5, 5.41) is 0. The molecule has 10 heteroatoms. The minimum Gasteiger partial charge on any atom is -0.744 e. The fraction of sp³-hybridized carbons (Fsp3) is 0.143. The minimum absolute atomic E-state index is 0. The van der Waals surface area contributed by atoms with Crippen LogP contribution >= 0.6 is 0 Å². The molecule has 128 valence electrons. The van der Waals surface area contributed by atoms with Gasteiger partial charge >= 0.3 is 19.5 Å². The van der Waals surface area contributed by atoms with Crippen LogP contribution in [0.2, 0.25) is 0 Å². The largest absolute Gasteiger partial charge is 2.00 e. The van der Waals surface area contributed by atoms with Crippen LogP contribution in [0.5, 0.6) is 0 Å². The van der Waals surface area contributed by atoms with Gasteiger partial charge in [-0.15, -0.1) is 0 Å². The van der Waals surface area contributed by atoms with E-state index in [1.807, 2.05) is 0 Å². The average molecular weight is 426 g/mol. The van der Waals surface area contributed by atoms with Crippen molar-refractivity contribution in [1.29, 1.82) is 0 Å². The fourth-order valence-electron chi connectivity index (χ4n) is 1.67. The molecule has 0 unspecified atom stereocenters. The molecule has 0 aliphatic rings. The van der Waals surface area contributed by atoms with Crippen LogP contribution in [-0.2, 0) is 39.7 Å². The topological polar surface area (TPSA) is 146 Å². The van der Waals surface area contributed by atoms with Gasteiger partial charge in [-0.25, -0.2) is 16.8 Å². The van der Waals surface area contributed by atoms with E-state index >= 15 is 0 Å². The van der Waals surface area contributed by atoms with Crippen LogP contribution in [0.3, 0.4) is 0 Å². The maximum absolute atomic E-state index is 10.5. The second-order valence-corrected chi connectivity index (χ2v) is 7.14. The van der Waals surface area contributed by atoms with E-state index < -0.39 is 20.2 Å². The monoisotopic (exact) mass is 424 g/mol. The first-order valence-electron chi connectivity index (χ1n) is 6.06. The van der Waals surface area contributed by atoms with Crippen molar-refractivity contribution >= 4 is 20.2 Å². The van der Waals surface area contributed by atoms with Gasteiger partial charge in [0.15, 0.2) is 0 Å². The molecule has 7 nitrogen and oxygen atoms in total. The van der Waals surface area contributed by atoms with E-state index in [-0.39, 0.29) is 34.7 Å². The van der Waals surface area contributed by atoms with Crippen molar-refractivity contribution < 1.29 is 50.9 Å². The Morgan fingerprint density at radius 2 is 0.917 bits per heavy atom. The summed E-state index contributed by atoms with van der Waals surface area (Å²) in [6.45, 7) is 3.18. The molecule has 2 N–H and O–H groups in total. The zero-order chi connectivity index (χ0) is 17.0. The Morgan fingerprint density at radius 1 is 0.667 bits per heavy atom. The molecule has 24 heavy (non-hydrogen) atoms. The molecular formula is C14H16O7S2Zn. The molecular weight excluding hydrogens is 410 g/mol. The summed E-state index contributed by atoms with van der Waals surface area (Å²) >= 11 is 0. The Labute approximate surface area is 154 Å². The molecule has 0 heterocycles. The van der Waals surface area contributed by atoms with Gasteiger partial charge in [-0.1, -0.05) is 36.4 Å². The summed E-state index contributed by atoms with van der Waals surface area (Å²) in [6, 6.07) is 12.2. The minimum atomic E-state index is -4.28. The van der Waals surface area contributed by atoms with E-state index in [1.54, 1.807) is 38.1 Å². The summed E-state index contributed by atoms with van der Waals surface area (Å²) in [4.78, 5) is -0.278. The molecule has 2 aromatic rings. The fourth-order valence-corrected chi connectivity index (χ4v) is 3.09. The van der Waals surface area contributed by atoms with Gasteiger partial charge in [0.25, 0.3) is 0 Å². The zero-order valence-corrected chi connectivity index (χ0v) is 17.7. The number of aryl methyl sites for hydroxylation is 2. The summed E-state index contributed by atoms with van der Waals surface area (Å²) in [5.41, 5.74) is 0.977. The molecule has 0 aromatic heterocycles. The number of benzene rings is 2. The van der Waals surface area contributed by atoms with Crippen molar-refractivity contribution in [2.24, 2.45) is 0 Å². The van der Waals surface area contributed by atoms with Crippen LogP contribution in [-0.4, -0.2) is 31.4 Å². The third-order valence-electron chi connectivity index (χ3n) is 2.73. The molecule has 0 saturated carbocycles. The van der Waals surface area contributed by atoms with Gasteiger partial charge in [-0.3, -0.25) is 0 Å². The van der Waals surface area contributed by atoms with E-state index in [1.165, 1.54) is 24.3 Å². The third kappa shape index (κ3) is 7.61. The molecule has 0 bridgehead atoms. The Kier molecular flexibility index (Phi) is 10.4. The van der Waals surface area contributed by atoms with E-state index in [9.17, 15) is 25.9 Å². The Morgan fingerprint density at radius 3 is 1.08 bits per heavy atom. The molecule has 0 amide bonds. The summed E-state index contributed by atoms with van der Waals surface area (Å²) < 4.78 is 63.0. The normalized spacial score (nSPS) is 10.5. The molecule has 0 aliphatic heterocycles. The van der Waals surface area contributed by atoms with Gasteiger partial charge in [0.1, 0.15) is 20.2 Å². The average Bonchev–Trinajstić information content (AvgIpc) is 2.37. The van der Waals surface area contributed by atoms with Crippen LogP contribution in [0.4, 0.5) is 0 Å². The summed E-state index contributed by atoms with van der Waals surface area (Å²) in [6.07, 6.45) is 0. The first-order valence-corrected chi connectivity index (χ1v) is 8.88. The maximum atomic E-state index is 10.5. The van der Waals surface area contributed by atoms with Gasteiger partial charge in [0.2, 0.25) is 0 Å². The van der Waals surface area contributed by atoms with E-state index in [2.05, 4.69) is 0 Å². The van der Waals surface area contributed by atoms with Crippen molar-refractivity contribution in [2.45, 2.75) is 23.6 Å². The SMILES string of the molecule is Cc1ccccc1S(=O)(=O)[O-].Cc1ccccc1S(=O)(=O)[O-].O.[Zn+2]. The van der Waals surface area contributed by atoms with E-state index in [0.717, 1.165) is 0 Å². The van der Waals surface area contributed by atoms with Gasteiger partial charge in [-0.2, -0.15) is 0 Å². The standard InChI is InChI=1S/2C7H8O3S.H2O.Zn/c2*1-6-4-2-3-5-7(6)11(8,9)10;;/h2*2-5H,1H3,(H,8,9,10);1H2;/q;;;+2/p-2. The molecule has 0 radical (unpaired) electrons. The molecule has 0 fully saturated rings. The van der Waals surface area contributed by atoms with Crippen molar-refractivity contribution in [3.8, 4) is 0 Å². The van der Waals surface area contributed by atoms with E-state index in [4.69, 9.17) is 0 Å². The predicted octanol–water partition coefficient (Wildman–Crippen LogP) is 0.971. The molecule has 2 rings (SSSR count). The van der Waals surface area contributed by atoms with Crippen LogP contribution in [0.1, 0.15) is 11.1 Å². The molecule has 0 atom stereocenters. The van der Waals surface area contributed by atoms with Crippen LogP contribution < -0.4 is 0 Å². The maximum Gasteiger partial charge on any atom is 2.00 e. The first-order chi connectivity index (χ1) is 10.0. The third-order valence-corrected chi connectivity index (χ3v) is 4.72. The van der Waals surface area contributed by atoms with Crippen molar-refractivity contribution in [2.75, 3.05) is 0 Å². The summed E-state index contributed by atoms with van der Waals surface area (Å²) in [5.74, 6) is 0. The summed E-state index contributed by atoms with van der Waals surface area (Å²) in [7, 11) is -8.57. The van der Waals surface area contributed by atoms with Crippen molar-refractivity contribution in [3.63, 3.8) is 0 Å². The van der Waals surface area contributed by atoms with Crippen LogP contribution in [0.15, 0.2) is 58.3 Å². The second kappa shape index (κ2) is 9.98. The van der Waals surface area contributed by atoms with Crippen LogP contribution in [0.25, 0.3) is 0 Å². The zero-order valence-electron chi connectivity index (χ0n) is 13.1. The van der Waals surface area contributed by atoms with E-state index in [0.29, 0.717) is 11.1 Å². The van der Waals surface area contributed by atoms with Gasteiger partial charge in [0, 0.05) is 0 Å². The smallest absolute Gasteiger partial charge is 0.744 e. The van der Waals surface area contributed by atoms with Gasteiger partial charge in [0.05, 0.1) is 9.79 Å². The Bertz CT molecular complexity index is 789. The van der Waals surface area contributed by atoms with Crippen LogP contribution in [0, 0.1) is 13.8 Å².